The highest BCUT2D eigenvalue weighted by Crippen LogP contribution is 2.39. The van der Waals surface area contributed by atoms with Crippen LogP contribution in [0.15, 0.2) is 0 Å². The number of rotatable bonds is 6. The zero-order valence-corrected chi connectivity index (χ0v) is 13.1. The van der Waals surface area contributed by atoms with E-state index < -0.39 is 0 Å². The number of nitrogens with one attached hydrogen (secondary N) is 1. The summed E-state index contributed by atoms with van der Waals surface area (Å²) in [6.07, 6.45) is 5.66. The molecule has 1 rings (SSSR count). The number of methoxy groups -OCH3 is 1. The molecule has 0 aromatic heterocycles. The Labute approximate surface area is 114 Å². The summed E-state index contributed by atoms with van der Waals surface area (Å²) in [4.78, 5) is 0. The summed E-state index contributed by atoms with van der Waals surface area (Å²) >= 11 is 0. The van der Waals surface area contributed by atoms with Crippen molar-refractivity contribution in [2.24, 2.45) is 23.2 Å². The van der Waals surface area contributed by atoms with Crippen LogP contribution in [0.3, 0.4) is 0 Å². The second-order valence-corrected chi connectivity index (χ2v) is 7.30. The van der Waals surface area contributed by atoms with Gasteiger partial charge in [-0.05, 0) is 61.9 Å². The molecular weight excluding hydrogens is 222 g/mol. The predicted octanol–water partition coefficient (Wildman–Crippen LogP) is 3.71. The van der Waals surface area contributed by atoms with Crippen molar-refractivity contribution in [2.45, 2.75) is 53.4 Å². The fourth-order valence-corrected chi connectivity index (χ4v) is 3.11. The predicted molar refractivity (Wildman–Crippen MR) is 78.8 cm³/mol. The lowest BCUT2D eigenvalue weighted by Gasteiger charge is -2.37. The molecule has 0 saturated heterocycles. The first kappa shape index (κ1) is 16.0. The third-order valence-corrected chi connectivity index (χ3v) is 4.45. The minimum atomic E-state index is 0.505. The van der Waals surface area contributed by atoms with Crippen molar-refractivity contribution < 1.29 is 4.74 Å². The summed E-state index contributed by atoms with van der Waals surface area (Å²) < 4.78 is 5.16. The molecule has 0 heterocycles. The Morgan fingerprint density at radius 2 is 1.78 bits per heavy atom. The van der Waals surface area contributed by atoms with Gasteiger partial charge < -0.3 is 10.1 Å². The van der Waals surface area contributed by atoms with E-state index in [9.17, 15) is 0 Å². The monoisotopic (exact) mass is 255 g/mol. The van der Waals surface area contributed by atoms with Gasteiger partial charge in [0.1, 0.15) is 0 Å². The van der Waals surface area contributed by atoms with Gasteiger partial charge in [0.2, 0.25) is 0 Å². The van der Waals surface area contributed by atoms with Gasteiger partial charge in [-0.3, -0.25) is 0 Å². The summed E-state index contributed by atoms with van der Waals surface area (Å²) in [5.41, 5.74) is 0.505. The van der Waals surface area contributed by atoms with E-state index in [1.54, 1.807) is 7.11 Å². The van der Waals surface area contributed by atoms with E-state index in [1.165, 1.54) is 32.2 Å². The standard InChI is InChI=1S/C16H33NO/c1-13(12-18-5)10-17-11-14-6-8-15(9-7-14)16(2,3)4/h13-15,17H,6-12H2,1-5H3. The van der Waals surface area contributed by atoms with Gasteiger partial charge in [-0.1, -0.05) is 27.7 Å². The summed E-state index contributed by atoms with van der Waals surface area (Å²) in [5, 5.41) is 3.61. The first-order chi connectivity index (χ1) is 8.43. The molecule has 108 valence electrons. The summed E-state index contributed by atoms with van der Waals surface area (Å²) in [7, 11) is 1.78. The van der Waals surface area contributed by atoms with Crippen LogP contribution in [0.25, 0.3) is 0 Å². The molecule has 0 aromatic carbocycles. The number of ether oxygens (including phenoxy) is 1. The van der Waals surface area contributed by atoms with Crippen LogP contribution in [0.4, 0.5) is 0 Å². The van der Waals surface area contributed by atoms with Crippen molar-refractivity contribution in [3.8, 4) is 0 Å². The van der Waals surface area contributed by atoms with Gasteiger partial charge in [-0.2, -0.15) is 0 Å². The molecule has 1 N–H and O–H groups in total. The van der Waals surface area contributed by atoms with E-state index in [1.807, 2.05) is 0 Å². The molecular formula is C16H33NO. The van der Waals surface area contributed by atoms with Crippen molar-refractivity contribution in [2.75, 3.05) is 26.8 Å². The summed E-state index contributed by atoms with van der Waals surface area (Å²) in [6, 6.07) is 0. The van der Waals surface area contributed by atoms with Crippen LogP contribution < -0.4 is 5.32 Å². The molecule has 1 saturated carbocycles. The Balaban J connectivity index is 2.13. The topological polar surface area (TPSA) is 21.3 Å². The fourth-order valence-electron chi connectivity index (χ4n) is 3.11. The maximum absolute atomic E-state index is 5.16. The van der Waals surface area contributed by atoms with Gasteiger partial charge in [0, 0.05) is 13.7 Å². The fraction of sp³-hybridized carbons (Fsp3) is 1.00. The molecule has 0 radical (unpaired) electrons. The highest BCUT2D eigenvalue weighted by Gasteiger charge is 2.29. The van der Waals surface area contributed by atoms with Gasteiger partial charge in [-0.25, -0.2) is 0 Å². The van der Waals surface area contributed by atoms with Gasteiger partial charge >= 0.3 is 0 Å². The van der Waals surface area contributed by atoms with Crippen LogP contribution in [0, 0.1) is 23.2 Å². The van der Waals surface area contributed by atoms with Gasteiger partial charge in [-0.15, -0.1) is 0 Å². The van der Waals surface area contributed by atoms with Crippen molar-refractivity contribution in [1.82, 2.24) is 5.32 Å². The first-order valence-corrected chi connectivity index (χ1v) is 7.63. The Kier molecular flexibility index (Phi) is 6.65. The lowest BCUT2D eigenvalue weighted by Crippen LogP contribution is -2.33. The number of hydrogen-bond acceptors (Lipinski definition) is 2. The average molecular weight is 255 g/mol. The largest absolute Gasteiger partial charge is 0.384 e. The normalized spacial score (nSPS) is 27.2. The Hall–Kier alpha value is -0.0800. The SMILES string of the molecule is COCC(C)CNCC1CCC(C(C)(C)C)CC1. The van der Waals surface area contributed by atoms with Crippen LogP contribution >= 0.6 is 0 Å². The number of hydrogen-bond donors (Lipinski definition) is 1. The van der Waals surface area contributed by atoms with Crippen molar-refractivity contribution in [3.05, 3.63) is 0 Å². The van der Waals surface area contributed by atoms with Gasteiger partial charge in [0.25, 0.3) is 0 Å². The molecule has 1 atom stereocenters. The lowest BCUT2D eigenvalue weighted by atomic mass is 9.70. The molecule has 1 fully saturated rings. The zero-order chi connectivity index (χ0) is 13.6. The second-order valence-electron chi connectivity index (χ2n) is 7.30. The van der Waals surface area contributed by atoms with E-state index >= 15 is 0 Å². The highest BCUT2D eigenvalue weighted by molar-refractivity contribution is 4.81. The van der Waals surface area contributed by atoms with Gasteiger partial charge in [0.05, 0.1) is 0 Å². The Bertz CT molecular complexity index is 214. The molecule has 18 heavy (non-hydrogen) atoms. The molecule has 1 unspecified atom stereocenters. The minimum absolute atomic E-state index is 0.505. The molecule has 0 spiro atoms. The van der Waals surface area contributed by atoms with E-state index in [4.69, 9.17) is 4.74 Å². The molecule has 1 aliphatic rings. The van der Waals surface area contributed by atoms with Crippen molar-refractivity contribution in [3.63, 3.8) is 0 Å². The Morgan fingerprint density at radius 1 is 1.17 bits per heavy atom. The molecule has 0 bridgehead atoms. The third-order valence-electron chi connectivity index (χ3n) is 4.45. The smallest absolute Gasteiger partial charge is 0.0499 e. The molecule has 0 amide bonds. The third kappa shape index (κ3) is 5.71. The minimum Gasteiger partial charge on any atom is -0.384 e. The summed E-state index contributed by atoms with van der Waals surface area (Å²) in [6.45, 7) is 12.6. The second kappa shape index (κ2) is 7.49. The molecule has 0 aliphatic heterocycles. The first-order valence-electron chi connectivity index (χ1n) is 7.63. The lowest BCUT2D eigenvalue weighted by molar-refractivity contribution is 0.142. The summed E-state index contributed by atoms with van der Waals surface area (Å²) in [5.74, 6) is 2.46. The van der Waals surface area contributed by atoms with E-state index in [-0.39, 0.29) is 0 Å². The zero-order valence-electron chi connectivity index (χ0n) is 13.1. The molecule has 1 aliphatic carbocycles. The van der Waals surface area contributed by atoms with Gasteiger partial charge in [0.15, 0.2) is 0 Å². The van der Waals surface area contributed by atoms with E-state index in [0.29, 0.717) is 11.3 Å². The molecule has 2 nitrogen and oxygen atoms in total. The van der Waals surface area contributed by atoms with Crippen molar-refractivity contribution >= 4 is 0 Å². The van der Waals surface area contributed by atoms with Crippen LogP contribution in [0.1, 0.15) is 53.4 Å². The Morgan fingerprint density at radius 3 is 2.28 bits per heavy atom. The average Bonchev–Trinajstić information content (AvgIpc) is 2.29. The van der Waals surface area contributed by atoms with Crippen LogP contribution in [0.5, 0.6) is 0 Å². The van der Waals surface area contributed by atoms with E-state index in [0.717, 1.165) is 25.0 Å². The van der Waals surface area contributed by atoms with E-state index in [2.05, 4.69) is 33.0 Å². The highest BCUT2D eigenvalue weighted by atomic mass is 16.5. The van der Waals surface area contributed by atoms with Crippen LogP contribution in [-0.4, -0.2) is 26.8 Å². The van der Waals surface area contributed by atoms with Crippen molar-refractivity contribution in [1.29, 1.82) is 0 Å². The molecule has 2 heteroatoms. The molecule has 0 aromatic rings. The maximum Gasteiger partial charge on any atom is 0.0499 e. The van der Waals surface area contributed by atoms with Crippen LogP contribution in [0.2, 0.25) is 0 Å². The van der Waals surface area contributed by atoms with Crippen LogP contribution in [-0.2, 0) is 4.74 Å². The maximum atomic E-state index is 5.16. The quantitative estimate of drug-likeness (QED) is 0.781.